The minimum absolute atomic E-state index is 0.0920. The Hall–Kier alpha value is -4.39. The first kappa shape index (κ1) is 28.6. The third-order valence-electron chi connectivity index (χ3n) is 6.80. The highest BCUT2D eigenvalue weighted by Gasteiger charge is 2.31. The number of carbonyl (C=O) groups is 2. The summed E-state index contributed by atoms with van der Waals surface area (Å²) in [6.45, 7) is 9.99. The van der Waals surface area contributed by atoms with Crippen LogP contribution in [0, 0.1) is 0 Å². The minimum atomic E-state index is -0.519. The number of nitrogens with zero attached hydrogens (tertiary/aromatic N) is 3. The summed E-state index contributed by atoms with van der Waals surface area (Å²) in [6.07, 6.45) is 0. The van der Waals surface area contributed by atoms with E-state index in [1.165, 1.54) is 0 Å². The number of aromatic nitrogens is 2. The van der Waals surface area contributed by atoms with Crippen molar-refractivity contribution in [3.05, 3.63) is 108 Å². The summed E-state index contributed by atoms with van der Waals surface area (Å²) in [6, 6.07) is 28.6. The molecule has 0 saturated heterocycles. The van der Waals surface area contributed by atoms with Gasteiger partial charge in [0.25, 0.3) is 0 Å². The average molecular weight is 539 g/mol. The largest absolute Gasteiger partial charge is 0.497 e. The van der Waals surface area contributed by atoms with E-state index in [1.807, 2.05) is 105 Å². The summed E-state index contributed by atoms with van der Waals surface area (Å²) in [4.78, 5) is 29.2. The maximum Gasteiger partial charge on any atom is 0.245 e. The Morgan fingerprint density at radius 2 is 1.45 bits per heavy atom. The van der Waals surface area contributed by atoms with E-state index in [2.05, 4.69) is 26.1 Å². The lowest BCUT2D eigenvalue weighted by Gasteiger charge is -2.30. The second kappa shape index (κ2) is 12.2. The molecule has 208 valence electrons. The molecule has 1 aromatic heterocycles. The summed E-state index contributed by atoms with van der Waals surface area (Å²) in [5, 5.41) is 7.82. The van der Waals surface area contributed by atoms with Crippen molar-refractivity contribution >= 4 is 17.6 Å². The lowest BCUT2D eigenvalue weighted by atomic mass is 9.89. The molecule has 0 atom stereocenters. The Kier molecular flexibility index (Phi) is 8.73. The lowest BCUT2D eigenvalue weighted by molar-refractivity contribution is -0.137. The molecule has 2 amide bonds. The highest BCUT2D eigenvalue weighted by molar-refractivity contribution is 5.96. The fourth-order valence-electron chi connectivity index (χ4n) is 4.54. The number of methoxy groups -OCH3 is 1. The normalized spacial score (nSPS) is 11.5. The molecule has 0 saturated carbocycles. The maximum atomic E-state index is 14.1. The van der Waals surface area contributed by atoms with E-state index in [1.54, 1.807) is 16.7 Å². The Morgan fingerprint density at radius 1 is 0.900 bits per heavy atom. The van der Waals surface area contributed by atoms with E-state index in [-0.39, 0.29) is 29.8 Å². The van der Waals surface area contributed by atoms with E-state index in [0.29, 0.717) is 5.82 Å². The topological polar surface area (TPSA) is 76.5 Å². The van der Waals surface area contributed by atoms with Crippen LogP contribution in [0.15, 0.2) is 91.0 Å². The number of benzene rings is 3. The number of ether oxygens (including phenoxy) is 1. The first-order valence-electron chi connectivity index (χ1n) is 13.5. The molecular formula is C33H38N4O3. The Labute approximate surface area is 236 Å². The molecule has 0 aliphatic rings. The van der Waals surface area contributed by atoms with Crippen molar-refractivity contribution < 1.29 is 14.3 Å². The van der Waals surface area contributed by atoms with Crippen molar-refractivity contribution in [3.63, 3.8) is 0 Å². The van der Waals surface area contributed by atoms with Crippen LogP contribution in [0.5, 0.6) is 5.75 Å². The molecule has 0 aliphatic carbocycles. The molecule has 0 spiro atoms. The maximum absolute atomic E-state index is 14.1. The van der Waals surface area contributed by atoms with Crippen LogP contribution in [0.3, 0.4) is 0 Å². The SMILES string of the molecule is COc1ccc(-n2nc(C(C)(C)C)cc2NC(=O)CN(C(=O)C(c2ccccc2)c2ccccc2)C(C)C)cc1. The second-order valence-electron chi connectivity index (χ2n) is 11.1. The Morgan fingerprint density at radius 3 is 1.93 bits per heavy atom. The summed E-state index contributed by atoms with van der Waals surface area (Å²) in [5.74, 6) is 0.336. The molecule has 0 unspecified atom stereocenters. The molecule has 1 N–H and O–H groups in total. The van der Waals surface area contributed by atoms with Crippen molar-refractivity contribution in [1.82, 2.24) is 14.7 Å². The smallest absolute Gasteiger partial charge is 0.245 e. The number of hydrogen-bond acceptors (Lipinski definition) is 4. The van der Waals surface area contributed by atoms with Gasteiger partial charge in [0.1, 0.15) is 18.1 Å². The number of rotatable bonds is 9. The molecule has 3 aromatic carbocycles. The molecule has 0 aliphatic heterocycles. The number of amides is 2. The van der Waals surface area contributed by atoms with Crippen LogP contribution >= 0.6 is 0 Å². The highest BCUT2D eigenvalue weighted by atomic mass is 16.5. The monoisotopic (exact) mass is 538 g/mol. The van der Waals surface area contributed by atoms with Gasteiger partial charge in [-0.1, -0.05) is 81.4 Å². The van der Waals surface area contributed by atoms with Gasteiger partial charge in [0, 0.05) is 17.5 Å². The number of carbonyl (C=O) groups excluding carboxylic acids is 2. The van der Waals surface area contributed by atoms with E-state index >= 15 is 0 Å². The van der Waals surface area contributed by atoms with Crippen LogP contribution in [0.2, 0.25) is 0 Å². The van der Waals surface area contributed by atoms with Gasteiger partial charge in [-0.15, -0.1) is 0 Å². The first-order valence-corrected chi connectivity index (χ1v) is 13.5. The van der Waals surface area contributed by atoms with Gasteiger partial charge in [0.2, 0.25) is 11.8 Å². The molecule has 4 rings (SSSR count). The lowest BCUT2D eigenvalue weighted by Crippen LogP contribution is -2.45. The van der Waals surface area contributed by atoms with Crippen molar-refractivity contribution in [2.45, 2.75) is 52.0 Å². The zero-order chi connectivity index (χ0) is 28.9. The van der Waals surface area contributed by atoms with Gasteiger partial charge in [0.05, 0.1) is 24.4 Å². The molecule has 4 aromatic rings. The van der Waals surface area contributed by atoms with Crippen molar-refractivity contribution in [1.29, 1.82) is 0 Å². The van der Waals surface area contributed by atoms with Crippen molar-refractivity contribution in [3.8, 4) is 11.4 Å². The second-order valence-corrected chi connectivity index (χ2v) is 11.1. The van der Waals surface area contributed by atoms with Gasteiger partial charge in [-0.3, -0.25) is 9.59 Å². The number of nitrogens with one attached hydrogen (secondary N) is 1. The first-order chi connectivity index (χ1) is 19.1. The highest BCUT2D eigenvalue weighted by Crippen LogP contribution is 2.29. The van der Waals surface area contributed by atoms with Gasteiger partial charge in [-0.25, -0.2) is 4.68 Å². The van der Waals surface area contributed by atoms with Gasteiger partial charge >= 0.3 is 0 Å². The van der Waals surface area contributed by atoms with E-state index in [4.69, 9.17) is 9.84 Å². The predicted molar refractivity (Wildman–Crippen MR) is 159 cm³/mol. The predicted octanol–water partition coefficient (Wildman–Crippen LogP) is 6.19. The quantitative estimate of drug-likeness (QED) is 0.276. The standard InChI is InChI=1S/C33H38N4O3/c1-23(2)36(32(39)31(24-13-9-7-10-14-24)25-15-11-8-12-16-25)22-30(38)34-29-21-28(33(3,4)5)35-37(29)26-17-19-27(40-6)20-18-26/h7-21,23,31H,22H2,1-6H3,(H,34,38). The number of hydrogen-bond donors (Lipinski definition) is 1. The van der Waals surface area contributed by atoms with E-state index < -0.39 is 5.92 Å². The molecule has 40 heavy (non-hydrogen) atoms. The molecule has 7 heteroatoms. The van der Waals surface area contributed by atoms with Gasteiger partial charge in [-0.2, -0.15) is 5.10 Å². The van der Waals surface area contributed by atoms with Gasteiger partial charge in [0.15, 0.2) is 0 Å². The average Bonchev–Trinajstić information content (AvgIpc) is 3.37. The van der Waals surface area contributed by atoms with Crippen LogP contribution in [0.25, 0.3) is 5.69 Å². The van der Waals surface area contributed by atoms with Crippen LogP contribution in [0.1, 0.15) is 57.4 Å². The van der Waals surface area contributed by atoms with Gasteiger partial charge < -0.3 is 15.0 Å². The molecule has 0 radical (unpaired) electrons. The molecule has 1 heterocycles. The van der Waals surface area contributed by atoms with Crippen LogP contribution < -0.4 is 10.1 Å². The van der Waals surface area contributed by atoms with Gasteiger partial charge in [-0.05, 0) is 49.2 Å². The van der Waals surface area contributed by atoms with E-state index in [9.17, 15) is 9.59 Å². The number of anilines is 1. The zero-order valence-electron chi connectivity index (χ0n) is 24.1. The Bertz CT molecular complexity index is 1380. The van der Waals surface area contributed by atoms with Crippen LogP contribution in [0.4, 0.5) is 5.82 Å². The third kappa shape index (κ3) is 6.60. The fourth-order valence-corrected chi connectivity index (χ4v) is 4.54. The fraction of sp³-hybridized carbons (Fsp3) is 0.303. The third-order valence-corrected chi connectivity index (χ3v) is 6.80. The molecular weight excluding hydrogens is 500 g/mol. The summed E-state index contributed by atoms with van der Waals surface area (Å²) < 4.78 is 7.01. The summed E-state index contributed by atoms with van der Waals surface area (Å²) >= 11 is 0. The minimum Gasteiger partial charge on any atom is -0.497 e. The van der Waals surface area contributed by atoms with E-state index in [0.717, 1.165) is 28.3 Å². The van der Waals surface area contributed by atoms with Crippen molar-refractivity contribution in [2.75, 3.05) is 19.0 Å². The summed E-state index contributed by atoms with van der Waals surface area (Å²) in [5.41, 5.74) is 3.17. The Balaban J connectivity index is 1.62. The van der Waals surface area contributed by atoms with Crippen LogP contribution in [-0.2, 0) is 15.0 Å². The molecule has 0 bridgehead atoms. The molecule has 7 nitrogen and oxygen atoms in total. The zero-order valence-corrected chi connectivity index (χ0v) is 24.1. The van der Waals surface area contributed by atoms with Crippen molar-refractivity contribution in [2.24, 2.45) is 0 Å². The molecule has 0 fully saturated rings. The summed E-state index contributed by atoms with van der Waals surface area (Å²) in [7, 11) is 1.62. The van der Waals surface area contributed by atoms with Crippen LogP contribution in [-0.4, -0.2) is 46.2 Å².